The number of rotatable bonds is 9. The van der Waals surface area contributed by atoms with Gasteiger partial charge in [0.25, 0.3) is 0 Å². The summed E-state index contributed by atoms with van der Waals surface area (Å²) in [7, 11) is 3.69. The molecular formula is C18H29NO10. The van der Waals surface area contributed by atoms with Crippen molar-refractivity contribution < 1.29 is 47.6 Å². The number of hydrogen-bond acceptors (Lipinski definition) is 11. The molecule has 0 radical (unpaired) electrons. The number of carbonyl (C=O) groups excluding carboxylic acids is 4. The summed E-state index contributed by atoms with van der Waals surface area (Å²) in [6.45, 7) is 5.16. The lowest BCUT2D eigenvalue weighted by molar-refractivity contribution is -0.308. The molecule has 11 nitrogen and oxygen atoms in total. The molecule has 1 aliphatic heterocycles. The second-order valence-electron chi connectivity index (χ2n) is 6.74. The molecule has 0 saturated carbocycles. The Hall–Kier alpha value is -2.24. The van der Waals surface area contributed by atoms with Crippen molar-refractivity contribution in [2.75, 3.05) is 33.9 Å². The van der Waals surface area contributed by atoms with Crippen LogP contribution < -0.4 is 0 Å². The van der Waals surface area contributed by atoms with Crippen LogP contribution in [0.3, 0.4) is 0 Å². The Labute approximate surface area is 169 Å². The Balaban J connectivity index is 3.21. The van der Waals surface area contributed by atoms with E-state index in [2.05, 4.69) is 0 Å². The second-order valence-corrected chi connectivity index (χ2v) is 6.74. The molecule has 11 heteroatoms. The Kier molecular flexibility index (Phi) is 9.99. The summed E-state index contributed by atoms with van der Waals surface area (Å²) in [5, 5.41) is 0. The number of nitrogens with zero attached hydrogens (tertiary/aromatic N) is 1. The zero-order valence-corrected chi connectivity index (χ0v) is 17.5. The molecule has 0 aromatic rings. The fourth-order valence-electron chi connectivity index (χ4n) is 2.67. The smallest absolute Gasteiger partial charge is 0.303 e. The maximum absolute atomic E-state index is 11.7. The average molecular weight is 419 g/mol. The number of hydrogen-bond donors (Lipinski definition) is 0. The van der Waals surface area contributed by atoms with Crippen molar-refractivity contribution in [1.29, 1.82) is 0 Å². The molecule has 0 aliphatic carbocycles. The minimum absolute atomic E-state index is 0.209. The summed E-state index contributed by atoms with van der Waals surface area (Å²) in [6.07, 6.45) is -5.76. The fraction of sp³-hybridized carbons (Fsp3) is 0.778. The van der Waals surface area contributed by atoms with Crippen molar-refractivity contribution >= 4 is 23.9 Å². The van der Waals surface area contributed by atoms with E-state index in [-0.39, 0.29) is 13.2 Å². The first kappa shape index (κ1) is 24.8. The molecule has 5 atom stereocenters. The molecule has 0 aromatic heterocycles. The Morgan fingerprint density at radius 2 is 1.31 bits per heavy atom. The van der Waals surface area contributed by atoms with Crippen molar-refractivity contribution in [3.05, 3.63) is 0 Å². The van der Waals surface area contributed by atoms with Gasteiger partial charge in [0.1, 0.15) is 12.7 Å². The highest BCUT2D eigenvalue weighted by atomic mass is 16.7. The molecule has 1 rings (SSSR count). The SMILES string of the molecule is CC(=O)OC[C@@H]1O[C@H](OCCN(C)C)[C@@H](OC(C)=O)[C@H](OC(C)=O)[C@H]1OC(C)=O. The van der Waals surface area contributed by atoms with Crippen molar-refractivity contribution in [3.8, 4) is 0 Å². The van der Waals surface area contributed by atoms with E-state index in [1.807, 2.05) is 19.0 Å². The van der Waals surface area contributed by atoms with E-state index in [0.29, 0.717) is 6.54 Å². The van der Waals surface area contributed by atoms with E-state index in [1.165, 1.54) is 13.8 Å². The van der Waals surface area contributed by atoms with Gasteiger partial charge in [-0.1, -0.05) is 0 Å². The Morgan fingerprint density at radius 3 is 1.79 bits per heavy atom. The van der Waals surface area contributed by atoms with Crippen LogP contribution in [0.4, 0.5) is 0 Å². The quantitative estimate of drug-likeness (QED) is 0.359. The summed E-state index contributed by atoms with van der Waals surface area (Å²) in [4.78, 5) is 48.0. The third-order valence-electron chi connectivity index (χ3n) is 3.77. The van der Waals surface area contributed by atoms with Crippen LogP contribution in [0.2, 0.25) is 0 Å². The zero-order chi connectivity index (χ0) is 22.1. The summed E-state index contributed by atoms with van der Waals surface area (Å²) in [6, 6.07) is 0. The van der Waals surface area contributed by atoms with Crippen LogP contribution in [0.25, 0.3) is 0 Å². The van der Waals surface area contributed by atoms with Gasteiger partial charge >= 0.3 is 23.9 Å². The average Bonchev–Trinajstić information content (AvgIpc) is 2.56. The van der Waals surface area contributed by atoms with Crippen molar-refractivity contribution in [2.24, 2.45) is 0 Å². The molecule has 0 N–H and O–H groups in total. The van der Waals surface area contributed by atoms with Gasteiger partial charge in [0, 0.05) is 34.2 Å². The van der Waals surface area contributed by atoms with Crippen LogP contribution >= 0.6 is 0 Å². The van der Waals surface area contributed by atoms with Gasteiger partial charge in [-0.2, -0.15) is 0 Å². The second kappa shape index (κ2) is 11.7. The normalized spacial score (nSPS) is 26.5. The predicted octanol–water partition coefficient (Wildman–Crippen LogP) is -0.352. The van der Waals surface area contributed by atoms with Crippen LogP contribution in [0, 0.1) is 0 Å². The van der Waals surface area contributed by atoms with Crippen LogP contribution in [0.1, 0.15) is 27.7 Å². The lowest BCUT2D eigenvalue weighted by atomic mass is 9.98. The maximum Gasteiger partial charge on any atom is 0.303 e. The summed E-state index contributed by atoms with van der Waals surface area (Å²) >= 11 is 0. The van der Waals surface area contributed by atoms with Gasteiger partial charge in [0.15, 0.2) is 24.6 Å². The number of ether oxygens (including phenoxy) is 6. The van der Waals surface area contributed by atoms with E-state index >= 15 is 0 Å². The lowest BCUT2D eigenvalue weighted by Gasteiger charge is -2.44. The van der Waals surface area contributed by atoms with Gasteiger partial charge in [-0.15, -0.1) is 0 Å². The predicted molar refractivity (Wildman–Crippen MR) is 96.5 cm³/mol. The van der Waals surface area contributed by atoms with E-state index in [1.54, 1.807) is 0 Å². The molecule has 0 spiro atoms. The largest absolute Gasteiger partial charge is 0.463 e. The Morgan fingerprint density at radius 1 is 0.793 bits per heavy atom. The maximum atomic E-state index is 11.7. The van der Waals surface area contributed by atoms with Crippen molar-refractivity contribution in [1.82, 2.24) is 4.90 Å². The molecule has 1 heterocycles. The van der Waals surface area contributed by atoms with E-state index in [9.17, 15) is 19.2 Å². The molecule has 0 bridgehead atoms. The molecule has 166 valence electrons. The van der Waals surface area contributed by atoms with Gasteiger partial charge < -0.3 is 33.3 Å². The van der Waals surface area contributed by atoms with Crippen molar-refractivity contribution in [3.63, 3.8) is 0 Å². The van der Waals surface area contributed by atoms with Gasteiger partial charge in [-0.05, 0) is 14.1 Å². The highest BCUT2D eigenvalue weighted by molar-refractivity contribution is 5.68. The standard InChI is InChI=1S/C18H29NO10/c1-10(20)25-9-14-15(26-11(2)21)16(27-12(3)22)17(28-13(4)23)18(29-14)24-8-7-19(5)6/h14-18H,7-9H2,1-6H3/t14-,15-,16+,17-,18-/m0/s1. The van der Waals surface area contributed by atoms with Crippen molar-refractivity contribution in [2.45, 2.75) is 58.4 Å². The summed E-state index contributed by atoms with van der Waals surface area (Å²) in [5.74, 6) is -2.62. The highest BCUT2D eigenvalue weighted by Gasteiger charge is 2.52. The van der Waals surface area contributed by atoms with Crippen LogP contribution in [-0.4, -0.2) is 93.3 Å². The molecule has 1 aliphatic rings. The number of likely N-dealkylation sites (N-methyl/N-ethyl adjacent to an activating group) is 1. The van der Waals surface area contributed by atoms with E-state index in [0.717, 1.165) is 13.8 Å². The van der Waals surface area contributed by atoms with Gasteiger partial charge in [0.05, 0.1) is 6.61 Å². The van der Waals surface area contributed by atoms with E-state index < -0.39 is 54.6 Å². The monoisotopic (exact) mass is 419 g/mol. The molecular weight excluding hydrogens is 390 g/mol. The molecule has 1 saturated heterocycles. The first-order valence-corrected chi connectivity index (χ1v) is 9.08. The molecule has 0 amide bonds. The molecule has 29 heavy (non-hydrogen) atoms. The molecule has 0 unspecified atom stereocenters. The third-order valence-corrected chi connectivity index (χ3v) is 3.77. The third kappa shape index (κ3) is 8.75. The van der Waals surface area contributed by atoms with Gasteiger partial charge in [-0.3, -0.25) is 19.2 Å². The molecule has 0 aromatic carbocycles. The lowest BCUT2D eigenvalue weighted by Crippen LogP contribution is -2.63. The minimum Gasteiger partial charge on any atom is -0.463 e. The van der Waals surface area contributed by atoms with Gasteiger partial charge in [0.2, 0.25) is 0 Å². The zero-order valence-electron chi connectivity index (χ0n) is 17.5. The summed E-state index contributed by atoms with van der Waals surface area (Å²) < 4.78 is 32.3. The first-order valence-electron chi connectivity index (χ1n) is 9.08. The Bertz CT molecular complexity index is 593. The van der Waals surface area contributed by atoms with Crippen LogP contribution in [-0.2, 0) is 47.6 Å². The molecule has 1 fully saturated rings. The van der Waals surface area contributed by atoms with Crippen LogP contribution in [0.15, 0.2) is 0 Å². The van der Waals surface area contributed by atoms with E-state index in [4.69, 9.17) is 28.4 Å². The first-order chi connectivity index (χ1) is 13.5. The minimum atomic E-state index is -1.22. The fourth-order valence-corrected chi connectivity index (χ4v) is 2.67. The number of carbonyl (C=O) groups is 4. The van der Waals surface area contributed by atoms with Crippen LogP contribution in [0.5, 0.6) is 0 Å². The number of esters is 4. The highest BCUT2D eigenvalue weighted by Crippen LogP contribution is 2.29. The summed E-state index contributed by atoms with van der Waals surface area (Å²) in [5.41, 5.74) is 0. The topological polar surface area (TPSA) is 127 Å². The van der Waals surface area contributed by atoms with Gasteiger partial charge in [-0.25, -0.2) is 0 Å².